The maximum Gasteiger partial charge on any atom is 0.416 e. The van der Waals surface area contributed by atoms with Crippen LogP contribution in [0.25, 0.3) is 0 Å². The molecule has 0 unspecified atom stereocenters. The topological polar surface area (TPSA) is 43.8 Å². The van der Waals surface area contributed by atoms with Crippen LogP contribution in [0.2, 0.25) is 0 Å². The van der Waals surface area contributed by atoms with Crippen molar-refractivity contribution in [2.45, 2.75) is 25.8 Å². The largest absolute Gasteiger partial charge is 0.493 e. The summed E-state index contributed by atoms with van der Waals surface area (Å²) in [5, 5.41) is 0. The van der Waals surface area contributed by atoms with Crippen LogP contribution in [0, 0.1) is 0 Å². The average molecular weight is 446 g/mol. The summed E-state index contributed by atoms with van der Waals surface area (Å²) in [5.74, 6) is 1.43. The molecule has 5 nitrogen and oxygen atoms in total. The van der Waals surface area contributed by atoms with Crippen molar-refractivity contribution in [3.05, 3.63) is 83.2 Å². The number of ether oxygens (including phenoxy) is 3. The van der Waals surface area contributed by atoms with Gasteiger partial charge in [-0.25, -0.2) is 0 Å². The third-order valence-corrected chi connectivity index (χ3v) is 5.00. The molecule has 0 aliphatic rings. The molecule has 1 aromatic heterocycles. The summed E-state index contributed by atoms with van der Waals surface area (Å²) in [6, 6.07) is 12.9. The van der Waals surface area contributed by atoms with Crippen LogP contribution < -0.4 is 14.2 Å². The molecule has 0 radical (unpaired) electrons. The molecule has 3 rings (SSSR count). The van der Waals surface area contributed by atoms with Crippen molar-refractivity contribution in [2.24, 2.45) is 0 Å². The molecule has 1 heterocycles. The highest BCUT2D eigenvalue weighted by molar-refractivity contribution is 5.53. The molecule has 0 fully saturated rings. The van der Waals surface area contributed by atoms with Crippen molar-refractivity contribution >= 4 is 0 Å². The van der Waals surface area contributed by atoms with E-state index in [-0.39, 0.29) is 12.1 Å². The fraction of sp³-hybridized carbons (Fsp3) is 0.292. The Morgan fingerprint density at radius 1 is 0.781 bits per heavy atom. The van der Waals surface area contributed by atoms with E-state index in [9.17, 15) is 13.2 Å². The molecule has 2 aromatic carbocycles. The summed E-state index contributed by atoms with van der Waals surface area (Å²) in [7, 11) is 4.56. The van der Waals surface area contributed by atoms with Crippen molar-refractivity contribution in [1.82, 2.24) is 9.88 Å². The molecular formula is C24H25F3N2O3. The fourth-order valence-corrected chi connectivity index (χ4v) is 3.57. The SMILES string of the molecule is COc1cc(CN(Cc2ccncc2)Cc2ccccc2C(F)(F)F)cc(OC)c1OC. The number of benzene rings is 2. The lowest BCUT2D eigenvalue weighted by Crippen LogP contribution is -2.24. The van der Waals surface area contributed by atoms with E-state index in [1.54, 1.807) is 30.6 Å². The minimum atomic E-state index is -4.43. The highest BCUT2D eigenvalue weighted by Crippen LogP contribution is 2.39. The molecular weight excluding hydrogens is 421 g/mol. The van der Waals surface area contributed by atoms with Crippen molar-refractivity contribution in [3.63, 3.8) is 0 Å². The molecule has 0 atom stereocenters. The van der Waals surface area contributed by atoms with Crippen LogP contribution in [0.4, 0.5) is 13.2 Å². The van der Waals surface area contributed by atoms with Gasteiger partial charge in [0.25, 0.3) is 0 Å². The van der Waals surface area contributed by atoms with E-state index in [4.69, 9.17) is 14.2 Å². The third-order valence-electron chi connectivity index (χ3n) is 5.00. The van der Waals surface area contributed by atoms with E-state index in [1.165, 1.54) is 33.5 Å². The van der Waals surface area contributed by atoms with Crippen LogP contribution in [-0.2, 0) is 25.8 Å². The van der Waals surface area contributed by atoms with Crippen LogP contribution in [-0.4, -0.2) is 31.2 Å². The van der Waals surface area contributed by atoms with Gasteiger partial charge in [-0.1, -0.05) is 18.2 Å². The van der Waals surface area contributed by atoms with Crippen molar-refractivity contribution < 1.29 is 27.4 Å². The molecule has 0 saturated heterocycles. The summed E-state index contributed by atoms with van der Waals surface area (Å²) in [6.07, 6.45) is -1.10. The zero-order chi connectivity index (χ0) is 23.1. The second-order valence-electron chi connectivity index (χ2n) is 7.19. The molecule has 32 heavy (non-hydrogen) atoms. The van der Waals surface area contributed by atoms with Gasteiger partial charge in [-0.05, 0) is 47.0 Å². The normalized spacial score (nSPS) is 11.5. The number of nitrogens with zero attached hydrogens (tertiary/aromatic N) is 2. The third kappa shape index (κ3) is 5.70. The highest BCUT2D eigenvalue weighted by Gasteiger charge is 2.33. The minimum Gasteiger partial charge on any atom is -0.493 e. The Labute approximate surface area is 185 Å². The van der Waals surface area contributed by atoms with E-state index in [0.29, 0.717) is 30.3 Å². The first-order chi connectivity index (χ1) is 15.4. The number of halogens is 3. The van der Waals surface area contributed by atoms with E-state index >= 15 is 0 Å². The second kappa shape index (κ2) is 10.4. The van der Waals surface area contributed by atoms with Crippen LogP contribution in [0.5, 0.6) is 17.2 Å². The molecule has 3 aromatic rings. The van der Waals surface area contributed by atoms with E-state index in [2.05, 4.69) is 4.98 Å². The lowest BCUT2D eigenvalue weighted by molar-refractivity contribution is -0.138. The van der Waals surface area contributed by atoms with Gasteiger partial charge in [0.1, 0.15) is 0 Å². The molecule has 8 heteroatoms. The summed E-state index contributed by atoms with van der Waals surface area (Å²) in [4.78, 5) is 5.95. The summed E-state index contributed by atoms with van der Waals surface area (Å²) in [5.41, 5.74) is 1.33. The molecule has 0 amide bonds. The zero-order valence-electron chi connectivity index (χ0n) is 18.1. The van der Waals surface area contributed by atoms with Gasteiger partial charge in [-0.15, -0.1) is 0 Å². The molecule has 0 N–H and O–H groups in total. The number of pyridine rings is 1. The number of methoxy groups -OCH3 is 3. The zero-order valence-corrected chi connectivity index (χ0v) is 18.1. The second-order valence-corrected chi connectivity index (χ2v) is 7.19. The van der Waals surface area contributed by atoms with Crippen LogP contribution >= 0.6 is 0 Å². The van der Waals surface area contributed by atoms with E-state index < -0.39 is 11.7 Å². The van der Waals surface area contributed by atoms with Gasteiger partial charge in [0.05, 0.1) is 26.9 Å². The van der Waals surface area contributed by atoms with Gasteiger partial charge in [-0.3, -0.25) is 9.88 Å². The lowest BCUT2D eigenvalue weighted by atomic mass is 10.1. The Balaban J connectivity index is 1.96. The van der Waals surface area contributed by atoms with Gasteiger partial charge >= 0.3 is 6.18 Å². The molecule has 0 spiro atoms. The first-order valence-electron chi connectivity index (χ1n) is 9.91. The van der Waals surface area contributed by atoms with Crippen LogP contribution in [0.3, 0.4) is 0 Å². The Hall–Kier alpha value is -3.26. The van der Waals surface area contributed by atoms with Gasteiger partial charge in [-0.2, -0.15) is 13.2 Å². The Kier molecular flexibility index (Phi) is 7.58. The summed E-state index contributed by atoms with van der Waals surface area (Å²) in [6.45, 7) is 0.908. The highest BCUT2D eigenvalue weighted by atomic mass is 19.4. The first-order valence-corrected chi connectivity index (χ1v) is 9.91. The standard InChI is InChI=1S/C24H25F3N2O3/c1-30-21-12-18(13-22(31-2)23(21)32-3)15-29(14-17-8-10-28-11-9-17)16-19-6-4-5-7-20(19)24(25,26)27/h4-13H,14-16H2,1-3H3. The Bertz CT molecular complexity index is 1000. The Morgan fingerprint density at radius 3 is 1.94 bits per heavy atom. The predicted octanol–water partition coefficient (Wildman–Crippen LogP) is 5.33. The van der Waals surface area contributed by atoms with E-state index in [0.717, 1.165) is 17.2 Å². The van der Waals surface area contributed by atoms with Gasteiger partial charge < -0.3 is 14.2 Å². The number of alkyl halides is 3. The fourth-order valence-electron chi connectivity index (χ4n) is 3.57. The minimum absolute atomic E-state index is 0.106. The summed E-state index contributed by atoms with van der Waals surface area (Å²) < 4.78 is 56.9. The number of hydrogen-bond acceptors (Lipinski definition) is 5. The molecule has 0 bridgehead atoms. The molecule has 0 aliphatic carbocycles. The van der Waals surface area contributed by atoms with Crippen molar-refractivity contribution in [1.29, 1.82) is 0 Å². The maximum absolute atomic E-state index is 13.6. The smallest absolute Gasteiger partial charge is 0.416 e. The van der Waals surface area contributed by atoms with Crippen LogP contribution in [0.1, 0.15) is 22.3 Å². The Morgan fingerprint density at radius 2 is 1.38 bits per heavy atom. The number of rotatable bonds is 9. The van der Waals surface area contributed by atoms with Gasteiger partial charge in [0.2, 0.25) is 5.75 Å². The maximum atomic E-state index is 13.6. The molecule has 0 aliphatic heterocycles. The summed E-state index contributed by atoms with van der Waals surface area (Å²) >= 11 is 0. The van der Waals surface area contributed by atoms with Crippen molar-refractivity contribution in [2.75, 3.05) is 21.3 Å². The number of hydrogen-bond donors (Lipinski definition) is 0. The van der Waals surface area contributed by atoms with Gasteiger partial charge in [0, 0.05) is 32.0 Å². The number of aromatic nitrogens is 1. The van der Waals surface area contributed by atoms with Crippen LogP contribution in [0.15, 0.2) is 60.9 Å². The lowest BCUT2D eigenvalue weighted by Gasteiger charge is -2.25. The monoisotopic (exact) mass is 446 g/mol. The molecule has 0 saturated carbocycles. The van der Waals surface area contributed by atoms with E-state index in [1.807, 2.05) is 17.0 Å². The first kappa shape index (κ1) is 23.4. The van der Waals surface area contributed by atoms with Crippen molar-refractivity contribution in [3.8, 4) is 17.2 Å². The average Bonchev–Trinajstić information content (AvgIpc) is 2.78. The van der Waals surface area contributed by atoms with Gasteiger partial charge in [0.15, 0.2) is 11.5 Å². The molecule has 170 valence electrons. The quantitative estimate of drug-likeness (QED) is 0.445. The predicted molar refractivity (Wildman–Crippen MR) is 115 cm³/mol.